The summed E-state index contributed by atoms with van der Waals surface area (Å²) in [4.78, 5) is 2.18. The van der Waals surface area contributed by atoms with Crippen molar-refractivity contribution in [1.82, 2.24) is 10.2 Å². The third-order valence-corrected chi connectivity index (χ3v) is 4.09. The summed E-state index contributed by atoms with van der Waals surface area (Å²) in [7, 11) is 0. The van der Waals surface area contributed by atoms with E-state index in [9.17, 15) is 13.2 Å². The van der Waals surface area contributed by atoms with Crippen LogP contribution in [0.5, 0.6) is 0 Å². The van der Waals surface area contributed by atoms with Crippen LogP contribution >= 0.6 is 12.4 Å². The Labute approximate surface area is 136 Å². The Morgan fingerprint density at radius 3 is 2.41 bits per heavy atom. The second-order valence-electron chi connectivity index (χ2n) is 5.82. The molecule has 0 bridgehead atoms. The number of alkyl halides is 3. The lowest BCUT2D eigenvalue weighted by molar-refractivity contribution is -0.138. The minimum atomic E-state index is -4.09. The number of rotatable bonds is 4. The molecule has 0 aliphatic carbocycles. The van der Waals surface area contributed by atoms with Gasteiger partial charge in [0, 0.05) is 38.6 Å². The molecule has 1 heterocycles. The maximum absolute atomic E-state index is 12.6. The molecule has 1 atom stereocenters. The zero-order chi connectivity index (χ0) is 15.5. The molecule has 126 valence electrons. The van der Waals surface area contributed by atoms with Crippen LogP contribution in [-0.4, -0.2) is 37.3 Å². The van der Waals surface area contributed by atoms with E-state index < -0.39 is 12.6 Å². The van der Waals surface area contributed by atoms with Gasteiger partial charge >= 0.3 is 6.18 Å². The highest BCUT2D eigenvalue weighted by Gasteiger charge is 2.31. The van der Waals surface area contributed by atoms with Gasteiger partial charge in [0.25, 0.3) is 0 Å². The molecular formula is C16H24ClF3N2. The summed E-state index contributed by atoms with van der Waals surface area (Å²) >= 11 is 0. The number of hydrogen-bond acceptors (Lipinski definition) is 2. The van der Waals surface area contributed by atoms with Crippen molar-refractivity contribution in [2.24, 2.45) is 0 Å². The summed E-state index contributed by atoms with van der Waals surface area (Å²) in [6.07, 6.45) is -4.69. The predicted molar refractivity (Wildman–Crippen MR) is 85.6 cm³/mol. The Morgan fingerprint density at radius 2 is 1.82 bits per heavy atom. The Balaban J connectivity index is 0.00000242. The van der Waals surface area contributed by atoms with Gasteiger partial charge in [-0.1, -0.05) is 23.8 Å². The SMILES string of the molecule is Cc1ccc(C)c([C@@H](CCC(F)(F)F)N2CCNCC2)c1.Cl. The van der Waals surface area contributed by atoms with E-state index in [0.717, 1.165) is 42.9 Å². The lowest BCUT2D eigenvalue weighted by atomic mass is 9.94. The molecule has 1 aromatic rings. The lowest BCUT2D eigenvalue weighted by Crippen LogP contribution is -2.45. The van der Waals surface area contributed by atoms with E-state index in [0.29, 0.717) is 0 Å². The van der Waals surface area contributed by atoms with Crippen molar-refractivity contribution in [3.8, 4) is 0 Å². The van der Waals surface area contributed by atoms with E-state index in [4.69, 9.17) is 0 Å². The number of nitrogens with zero attached hydrogens (tertiary/aromatic N) is 1. The minimum Gasteiger partial charge on any atom is -0.314 e. The van der Waals surface area contributed by atoms with Crippen molar-refractivity contribution < 1.29 is 13.2 Å². The molecule has 0 aromatic heterocycles. The predicted octanol–water partition coefficient (Wildman–Crippen LogP) is 4.01. The summed E-state index contributed by atoms with van der Waals surface area (Å²) in [5, 5.41) is 3.26. The van der Waals surface area contributed by atoms with E-state index in [1.54, 1.807) is 0 Å². The van der Waals surface area contributed by atoms with Crippen LogP contribution in [0.4, 0.5) is 13.2 Å². The highest BCUT2D eigenvalue weighted by atomic mass is 35.5. The first-order valence-electron chi connectivity index (χ1n) is 7.45. The lowest BCUT2D eigenvalue weighted by Gasteiger charge is -2.36. The first kappa shape index (κ1) is 19.3. The van der Waals surface area contributed by atoms with Gasteiger partial charge in [-0.15, -0.1) is 12.4 Å². The van der Waals surface area contributed by atoms with E-state index in [1.165, 1.54) is 0 Å². The quantitative estimate of drug-likeness (QED) is 0.893. The molecule has 6 heteroatoms. The van der Waals surface area contributed by atoms with Crippen LogP contribution < -0.4 is 5.32 Å². The Hall–Kier alpha value is -0.780. The van der Waals surface area contributed by atoms with Crippen molar-refractivity contribution in [2.45, 2.75) is 38.9 Å². The van der Waals surface area contributed by atoms with Crippen molar-refractivity contribution in [3.63, 3.8) is 0 Å². The fraction of sp³-hybridized carbons (Fsp3) is 0.625. The normalized spacial score (nSPS) is 17.9. The van der Waals surface area contributed by atoms with Gasteiger partial charge in [-0.05, 0) is 31.4 Å². The fourth-order valence-electron chi connectivity index (χ4n) is 2.95. The van der Waals surface area contributed by atoms with E-state index in [-0.39, 0.29) is 24.9 Å². The third-order valence-electron chi connectivity index (χ3n) is 4.09. The van der Waals surface area contributed by atoms with Gasteiger partial charge in [-0.2, -0.15) is 13.2 Å². The van der Waals surface area contributed by atoms with Gasteiger partial charge in [0.05, 0.1) is 0 Å². The van der Waals surface area contributed by atoms with Crippen molar-refractivity contribution in [1.29, 1.82) is 0 Å². The van der Waals surface area contributed by atoms with Gasteiger partial charge in [0.15, 0.2) is 0 Å². The third kappa shape index (κ3) is 5.45. The summed E-state index contributed by atoms with van der Waals surface area (Å²) in [5.74, 6) is 0. The van der Waals surface area contributed by atoms with Gasteiger partial charge in [-0.25, -0.2) is 0 Å². The molecule has 0 unspecified atom stereocenters. The molecule has 22 heavy (non-hydrogen) atoms. The average Bonchev–Trinajstić information content (AvgIpc) is 2.43. The van der Waals surface area contributed by atoms with E-state index in [1.807, 2.05) is 32.0 Å². The molecule has 0 saturated carbocycles. The summed E-state index contributed by atoms with van der Waals surface area (Å²) in [6, 6.07) is 5.91. The second kappa shape index (κ2) is 8.18. The Bertz CT molecular complexity index is 471. The molecule has 1 aromatic carbocycles. The highest BCUT2D eigenvalue weighted by molar-refractivity contribution is 5.85. The van der Waals surface area contributed by atoms with Crippen LogP contribution in [0.3, 0.4) is 0 Å². The molecule has 2 nitrogen and oxygen atoms in total. The number of halogens is 4. The van der Waals surface area contributed by atoms with Gasteiger partial charge in [0.2, 0.25) is 0 Å². The standard InChI is InChI=1S/C16H23F3N2.ClH/c1-12-3-4-13(2)14(11-12)15(5-6-16(17,18)19)21-9-7-20-8-10-21;/h3-4,11,15,20H,5-10H2,1-2H3;1H/t15-;/m1./s1. The summed E-state index contributed by atoms with van der Waals surface area (Å²) < 4.78 is 37.9. The fourth-order valence-corrected chi connectivity index (χ4v) is 2.95. The summed E-state index contributed by atoms with van der Waals surface area (Å²) in [5.41, 5.74) is 3.22. The topological polar surface area (TPSA) is 15.3 Å². The zero-order valence-corrected chi connectivity index (χ0v) is 13.9. The van der Waals surface area contributed by atoms with Crippen molar-refractivity contribution in [3.05, 3.63) is 34.9 Å². The molecule has 1 saturated heterocycles. The molecule has 1 aliphatic heterocycles. The number of benzene rings is 1. The first-order valence-corrected chi connectivity index (χ1v) is 7.45. The Morgan fingerprint density at radius 1 is 1.18 bits per heavy atom. The van der Waals surface area contributed by atoms with Crippen LogP contribution in [-0.2, 0) is 0 Å². The van der Waals surface area contributed by atoms with Crippen LogP contribution in [0.1, 0.15) is 35.6 Å². The molecule has 0 amide bonds. The largest absolute Gasteiger partial charge is 0.389 e. The van der Waals surface area contributed by atoms with Crippen molar-refractivity contribution >= 4 is 12.4 Å². The van der Waals surface area contributed by atoms with E-state index >= 15 is 0 Å². The first-order chi connectivity index (χ1) is 9.87. The van der Waals surface area contributed by atoms with Crippen LogP contribution in [0.25, 0.3) is 0 Å². The number of aryl methyl sites for hydroxylation is 2. The smallest absolute Gasteiger partial charge is 0.314 e. The average molecular weight is 337 g/mol. The Kier molecular flexibility index (Phi) is 7.16. The number of hydrogen-bond donors (Lipinski definition) is 1. The molecule has 2 rings (SSSR count). The van der Waals surface area contributed by atoms with Gasteiger partial charge in [0.1, 0.15) is 0 Å². The zero-order valence-electron chi connectivity index (χ0n) is 13.0. The van der Waals surface area contributed by atoms with E-state index in [2.05, 4.69) is 10.2 Å². The monoisotopic (exact) mass is 336 g/mol. The minimum absolute atomic E-state index is 0. The van der Waals surface area contributed by atoms with Crippen LogP contribution in [0.15, 0.2) is 18.2 Å². The molecule has 0 radical (unpaired) electrons. The number of piperazine rings is 1. The second-order valence-corrected chi connectivity index (χ2v) is 5.82. The highest BCUT2D eigenvalue weighted by Crippen LogP contribution is 2.33. The van der Waals surface area contributed by atoms with Crippen LogP contribution in [0.2, 0.25) is 0 Å². The molecule has 1 aliphatic rings. The molecular weight excluding hydrogens is 313 g/mol. The number of nitrogens with one attached hydrogen (secondary N) is 1. The maximum atomic E-state index is 12.6. The molecule has 0 spiro atoms. The van der Waals surface area contributed by atoms with Crippen molar-refractivity contribution in [2.75, 3.05) is 26.2 Å². The molecule has 1 fully saturated rings. The summed E-state index contributed by atoms with van der Waals surface area (Å²) in [6.45, 7) is 7.26. The maximum Gasteiger partial charge on any atom is 0.389 e. The van der Waals surface area contributed by atoms with Gasteiger partial charge in [-0.3, -0.25) is 4.90 Å². The van der Waals surface area contributed by atoms with Gasteiger partial charge < -0.3 is 5.32 Å². The van der Waals surface area contributed by atoms with Crippen LogP contribution in [0, 0.1) is 13.8 Å². The molecule has 1 N–H and O–H groups in total.